The van der Waals surface area contributed by atoms with Crippen LogP contribution in [0.25, 0.3) is 0 Å². The van der Waals surface area contributed by atoms with Crippen LogP contribution in [-0.2, 0) is 6.54 Å². The number of urea groups is 1. The fraction of sp³-hybridized carbons (Fsp3) is 0.636. The zero-order valence-electron chi connectivity index (χ0n) is 10.2. The summed E-state index contributed by atoms with van der Waals surface area (Å²) in [5, 5.41) is 15.3. The first-order valence-electron chi connectivity index (χ1n) is 5.65. The number of amides is 2. The van der Waals surface area contributed by atoms with Gasteiger partial charge in [0.2, 0.25) is 0 Å². The van der Waals surface area contributed by atoms with Gasteiger partial charge in [-0.15, -0.1) is 11.3 Å². The van der Waals surface area contributed by atoms with E-state index in [0.29, 0.717) is 19.5 Å². The highest BCUT2D eigenvalue weighted by atomic mass is 32.1. The zero-order chi connectivity index (χ0) is 12.7. The van der Waals surface area contributed by atoms with Gasteiger partial charge in [0.05, 0.1) is 11.6 Å². The van der Waals surface area contributed by atoms with E-state index in [0.717, 1.165) is 9.88 Å². The van der Waals surface area contributed by atoms with Crippen LogP contribution in [-0.4, -0.2) is 29.3 Å². The lowest BCUT2D eigenvalue weighted by atomic mass is 10.1. The molecule has 96 valence electrons. The third-order valence-corrected chi connectivity index (χ3v) is 3.24. The Morgan fingerprint density at radius 1 is 1.59 bits per heavy atom. The fourth-order valence-corrected chi connectivity index (χ4v) is 2.04. The van der Waals surface area contributed by atoms with Crippen molar-refractivity contribution in [1.82, 2.24) is 15.6 Å². The summed E-state index contributed by atoms with van der Waals surface area (Å²) in [5.41, 5.74) is 0. The smallest absolute Gasteiger partial charge is 0.315 e. The van der Waals surface area contributed by atoms with Crippen LogP contribution in [0.4, 0.5) is 4.79 Å². The summed E-state index contributed by atoms with van der Waals surface area (Å²) >= 11 is 1.58. The van der Waals surface area contributed by atoms with Gasteiger partial charge in [-0.2, -0.15) is 0 Å². The summed E-state index contributed by atoms with van der Waals surface area (Å²) in [6.07, 6.45) is 2.48. The molecule has 1 atom stereocenters. The van der Waals surface area contributed by atoms with Crippen LogP contribution in [0.15, 0.2) is 6.20 Å². The molecule has 1 aromatic rings. The Morgan fingerprint density at radius 3 is 2.94 bits per heavy atom. The van der Waals surface area contributed by atoms with Crippen molar-refractivity contribution in [2.45, 2.75) is 26.8 Å². The minimum atomic E-state index is -0.180. The molecule has 3 N–H and O–H groups in total. The summed E-state index contributed by atoms with van der Waals surface area (Å²) < 4.78 is 0. The van der Waals surface area contributed by atoms with Crippen LogP contribution < -0.4 is 10.6 Å². The number of hydrogen-bond acceptors (Lipinski definition) is 4. The van der Waals surface area contributed by atoms with E-state index in [9.17, 15) is 4.79 Å². The fourth-order valence-electron chi connectivity index (χ4n) is 1.31. The Balaban J connectivity index is 2.17. The van der Waals surface area contributed by atoms with Gasteiger partial charge in [-0.25, -0.2) is 9.78 Å². The third kappa shape index (κ3) is 5.65. The number of aromatic nitrogens is 1. The summed E-state index contributed by atoms with van der Waals surface area (Å²) in [4.78, 5) is 16.6. The first-order valence-corrected chi connectivity index (χ1v) is 6.47. The van der Waals surface area contributed by atoms with Crippen LogP contribution in [0.1, 0.15) is 23.2 Å². The highest BCUT2D eigenvalue weighted by molar-refractivity contribution is 7.11. The first kappa shape index (κ1) is 13.9. The lowest BCUT2D eigenvalue weighted by molar-refractivity contribution is 0.233. The number of hydrogen-bond donors (Lipinski definition) is 3. The lowest BCUT2D eigenvalue weighted by Crippen LogP contribution is -2.37. The summed E-state index contributed by atoms with van der Waals surface area (Å²) in [7, 11) is 0. The zero-order valence-corrected chi connectivity index (χ0v) is 11.0. The van der Waals surface area contributed by atoms with Gasteiger partial charge in [0, 0.05) is 24.2 Å². The Morgan fingerprint density at radius 2 is 2.35 bits per heavy atom. The molecule has 0 radical (unpaired) electrons. The Kier molecular flexibility index (Phi) is 5.93. The van der Waals surface area contributed by atoms with Gasteiger partial charge in [-0.05, 0) is 19.3 Å². The molecule has 0 aromatic carbocycles. The van der Waals surface area contributed by atoms with Crippen molar-refractivity contribution in [2.75, 3.05) is 13.2 Å². The molecule has 0 saturated heterocycles. The Bertz CT molecular complexity index is 354. The van der Waals surface area contributed by atoms with Gasteiger partial charge < -0.3 is 15.7 Å². The van der Waals surface area contributed by atoms with Gasteiger partial charge in [-0.1, -0.05) is 6.92 Å². The second kappa shape index (κ2) is 7.24. The number of aliphatic hydroxyl groups excluding tert-OH is 1. The summed E-state index contributed by atoms with van der Waals surface area (Å²) in [6.45, 7) is 5.16. The van der Waals surface area contributed by atoms with Gasteiger partial charge in [0.25, 0.3) is 0 Å². The van der Waals surface area contributed by atoms with Gasteiger partial charge in [0.15, 0.2) is 0 Å². The molecule has 1 heterocycles. The van der Waals surface area contributed by atoms with Crippen LogP contribution in [0.2, 0.25) is 0 Å². The van der Waals surface area contributed by atoms with E-state index in [2.05, 4.69) is 15.6 Å². The predicted octanol–water partition coefficient (Wildman–Crippen LogP) is 1.27. The third-order valence-electron chi connectivity index (χ3n) is 2.33. The van der Waals surface area contributed by atoms with Crippen molar-refractivity contribution in [3.05, 3.63) is 16.1 Å². The number of thiazole rings is 1. The van der Waals surface area contributed by atoms with E-state index in [1.54, 1.807) is 17.5 Å². The van der Waals surface area contributed by atoms with Crippen molar-refractivity contribution in [2.24, 2.45) is 5.92 Å². The van der Waals surface area contributed by atoms with Crippen molar-refractivity contribution in [1.29, 1.82) is 0 Å². The number of carbonyl (C=O) groups is 1. The molecule has 2 amide bonds. The predicted molar refractivity (Wildman–Crippen MR) is 68.0 cm³/mol. The van der Waals surface area contributed by atoms with E-state index < -0.39 is 0 Å². The van der Waals surface area contributed by atoms with Crippen LogP contribution >= 0.6 is 11.3 Å². The molecule has 6 heteroatoms. The van der Waals surface area contributed by atoms with Crippen molar-refractivity contribution in [3.8, 4) is 0 Å². The average Bonchev–Trinajstić information content (AvgIpc) is 2.70. The molecule has 0 bridgehead atoms. The number of aliphatic hydroxyl groups is 1. The summed E-state index contributed by atoms with van der Waals surface area (Å²) in [5.74, 6) is 0.288. The van der Waals surface area contributed by atoms with E-state index in [4.69, 9.17) is 5.11 Å². The highest BCUT2D eigenvalue weighted by Gasteiger charge is 2.05. The molecule has 0 aliphatic carbocycles. The molecule has 1 rings (SSSR count). The number of rotatable bonds is 6. The summed E-state index contributed by atoms with van der Waals surface area (Å²) in [6, 6.07) is -0.180. The first-order chi connectivity index (χ1) is 8.11. The lowest BCUT2D eigenvalue weighted by Gasteiger charge is -2.11. The topological polar surface area (TPSA) is 74.2 Å². The van der Waals surface area contributed by atoms with E-state index in [1.807, 2.05) is 13.8 Å². The van der Waals surface area contributed by atoms with Gasteiger partial charge >= 0.3 is 6.03 Å². The van der Waals surface area contributed by atoms with Crippen molar-refractivity contribution in [3.63, 3.8) is 0 Å². The molecule has 0 saturated carbocycles. The maximum atomic E-state index is 11.4. The van der Waals surface area contributed by atoms with Gasteiger partial charge in [-0.3, -0.25) is 0 Å². The van der Waals surface area contributed by atoms with E-state index in [1.165, 1.54) is 0 Å². The molecule has 0 aliphatic rings. The van der Waals surface area contributed by atoms with E-state index in [-0.39, 0.29) is 18.6 Å². The minimum Gasteiger partial charge on any atom is -0.396 e. The molecule has 17 heavy (non-hydrogen) atoms. The minimum absolute atomic E-state index is 0.157. The monoisotopic (exact) mass is 257 g/mol. The van der Waals surface area contributed by atoms with Crippen molar-refractivity contribution >= 4 is 17.4 Å². The van der Waals surface area contributed by atoms with Gasteiger partial charge in [0.1, 0.15) is 0 Å². The molecule has 0 aliphatic heterocycles. The number of nitrogens with one attached hydrogen (secondary N) is 2. The maximum absolute atomic E-state index is 11.4. The molecule has 5 nitrogen and oxygen atoms in total. The van der Waals surface area contributed by atoms with E-state index >= 15 is 0 Å². The number of nitrogens with zero attached hydrogens (tertiary/aromatic N) is 1. The van der Waals surface area contributed by atoms with Crippen LogP contribution in [0.3, 0.4) is 0 Å². The van der Waals surface area contributed by atoms with Crippen molar-refractivity contribution < 1.29 is 9.90 Å². The molecule has 1 aromatic heterocycles. The largest absolute Gasteiger partial charge is 0.396 e. The Hall–Kier alpha value is -1.14. The van der Waals surface area contributed by atoms with Crippen LogP contribution in [0, 0.1) is 12.8 Å². The second-order valence-corrected chi connectivity index (χ2v) is 5.35. The molecule has 0 fully saturated rings. The molecular weight excluding hydrogens is 238 g/mol. The Labute approximate surface area is 105 Å². The second-order valence-electron chi connectivity index (χ2n) is 4.03. The van der Waals surface area contributed by atoms with Crippen LogP contribution in [0.5, 0.6) is 0 Å². The SMILES string of the molecule is Cc1ncc(CNC(=O)NCC(C)CCO)s1. The normalized spacial score (nSPS) is 12.2. The molecule has 0 spiro atoms. The quantitative estimate of drug-likeness (QED) is 0.718. The number of carbonyl (C=O) groups excluding carboxylic acids is 1. The average molecular weight is 257 g/mol. The maximum Gasteiger partial charge on any atom is 0.315 e. The highest BCUT2D eigenvalue weighted by Crippen LogP contribution is 2.10. The molecule has 1 unspecified atom stereocenters. The number of aryl methyl sites for hydroxylation is 1. The molecular formula is C11H19N3O2S. The standard InChI is InChI=1S/C11H19N3O2S/c1-8(3-4-15)5-13-11(16)14-7-10-6-12-9(2)17-10/h6,8,15H,3-5,7H2,1-2H3,(H2,13,14,16).